The molecule has 0 saturated carbocycles. The van der Waals surface area contributed by atoms with Crippen molar-refractivity contribution in [2.24, 2.45) is 5.92 Å². The number of aryl methyl sites for hydroxylation is 1. The highest BCUT2D eigenvalue weighted by Gasteiger charge is 2.25. The number of nitrogens with zero attached hydrogens (tertiary/aromatic N) is 2. The molecule has 0 bridgehead atoms. The summed E-state index contributed by atoms with van der Waals surface area (Å²) in [7, 11) is 0. The molecule has 0 spiro atoms. The molecule has 116 valence electrons. The first-order valence-corrected chi connectivity index (χ1v) is 7.67. The normalized spacial score (nSPS) is 17.7. The fraction of sp³-hybridized carbons (Fsp3) is 0.412. The Balaban J connectivity index is 1.52. The summed E-state index contributed by atoms with van der Waals surface area (Å²) < 4.78 is 10.6. The lowest BCUT2D eigenvalue weighted by molar-refractivity contribution is 0.0442. The summed E-state index contributed by atoms with van der Waals surface area (Å²) in [6.07, 6.45) is 2.96. The number of rotatable bonds is 5. The van der Waals surface area contributed by atoms with Crippen LogP contribution in [0.3, 0.4) is 0 Å². The third kappa shape index (κ3) is 3.13. The maximum Gasteiger partial charge on any atom is 0.360 e. The van der Waals surface area contributed by atoms with Gasteiger partial charge in [-0.05, 0) is 18.6 Å². The molecule has 1 saturated heterocycles. The first-order valence-electron chi connectivity index (χ1n) is 7.67. The number of carbonyl (C=O) groups excluding carboxylic acids is 1. The number of para-hydroxylation sites is 1. The van der Waals surface area contributed by atoms with Crippen molar-refractivity contribution < 1.29 is 13.9 Å². The molecule has 1 aromatic carbocycles. The van der Waals surface area contributed by atoms with E-state index in [-0.39, 0.29) is 5.97 Å². The predicted molar refractivity (Wildman–Crippen MR) is 82.9 cm³/mol. The number of hydrogen-bond donors (Lipinski definition) is 0. The number of benzene rings is 1. The fourth-order valence-electron chi connectivity index (χ4n) is 2.79. The topological polar surface area (TPSA) is 55.6 Å². The molecule has 2 heterocycles. The summed E-state index contributed by atoms with van der Waals surface area (Å²) >= 11 is 0. The van der Waals surface area contributed by atoms with Crippen molar-refractivity contribution in [3.63, 3.8) is 0 Å². The van der Waals surface area contributed by atoms with Crippen molar-refractivity contribution in [1.29, 1.82) is 0 Å². The van der Waals surface area contributed by atoms with E-state index in [0.717, 1.165) is 19.5 Å². The minimum Gasteiger partial charge on any atom is -0.461 e. The summed E-state index contributed by atoms with van der Waals surface area (Å²) in [6.45, 7) is 4.26. The zero-order valence-electron chi connectivity index (χ0n) is 12.7. The molecule has 5 nitrogen and oxygen atoms in total. The maximum atomic E-state index is 12.0. The van der Waals surface area contributed by atoms with Crippen molar-refractivity contribution in [3.8, 4) is 0 Å². The maximum absolute atomic E-state index is 12.0. The number of esters is 1. The Labute approximate surface area is 129 Å². The lowest BCUT2D eigenvalue weighted by atomic mass is 10.1. The van der Waals surface area contributed by atoms with Crippen molar-refractivity contribution in [3.05, 3.63) is 48.2 Å². The number of oxazole rings is 1. The van der Waals surface area contributed by atoms with Crippen LogP contribution in [-0.2, 0) is 11.2 Å². The molecule has 0 amide bonds. The summed E-state index contributed by atoms with van der Waals surface area (Å²) in [5.74, 6) is 0.562. The van der Waals surface area contributed by atoms with Crippen molar-refractivity contribution in [2.75, 3.05) is 24.6 Å². The molecule has 1 aromatic heterocycles. The van der Waals surface area contributed by atoms with Crippen LogP contribution in [0, 0.1) is 5.92 Å². The first-order chi connectivity index (χ1) is 10.8. The van der Waals surface area contributed by atoms with Gasteiger partial charge in [-0.3, -0.25) is 0 Å². The van der Waals surface area contributed by atoms with E-state index in [1.165, 1.54) is 12.1 Å². The van der Waals surface area contributed by atoms with E-state index < -0.39 is 0 Å². The minimum atomic E-state index is -0.385. The summed E-state index contributed by atoms with van der Waals surface area (Å²) in [4.78, 5) is 18.3. The van der Waals surface area contributed by atoms with E-state index in [9.17, 15) is 4.79 Å². The van der Waals surface area contributed by atoms with E-state index in [0.29, 0.717) is 30.4 Å². The standard InChI is InChI=1S/C17H20N2O3/c1-2-15-16(18-12-22-15)17(20)21-11-13-8-9-19(10-13)14-6-4-3-5-7-14/h3-7,12-13H,2,8-11H2,1H3. The number of aromatic nitrogens is 1. The summed E-state index contributed by atoms with van der Waals surface area (Å²) in [6, 6.07) is 10.3. The molecule has 1 aliphatic rings. The summed E-state index contributed by atoms with van der Waals surface area (Å²) in [5, 5.41) is 0. The van der Waals surface area contributed by atoms with Gasteiger partial charge in [-0.2, -0.15) is 0 Å². The lowest BCUT2D eigenvalue weighted by Gasteiger charge is -2.18. The van der Waals surface area contributed by atoms with Gasteiger partial charge in [-0.1, -0.05) is 25.1 Å². The highest BCUT2D eigenvalue weighted by molar-refractivity contribution is 5.88. The lowest BCUT2D eigenvalue weighted by Crippen LogP contribution is -2.22. The molecule has 1 atom stereocenters. The minimum absolute atomic E-state index is 0.306. The Hall–Kier alpha value is -2.30. The molecular formula is C17H20N2O3. The van der Waals surface area contributed by atoms with E-state index >= 15 is 0 Å². The van der Waals surface area contributed by atoms with Gasteiger partial charge in [0.05, 0.1) is 6.61 Å². The van der Waals surface area contributed by atoms with E-state index in [1.807, 2.05) is 25.1 Å². The average Bonchev–Trinajstić information content (AvgIpc) is 3.22. The number of hydrogen-bond acceptors (Lipinski definition) is 5. The third-order valence-electron chi connectivity index (χ3n) is 4.01. The third-order valence-corrected chi connectivity index (χ3v) is 4.01. The monoisotopic (exact) mass is 300 g/mol. The molecule has 0 N–H and O–H groups in total. The first kappa shape index (κ1) is 14.6. The largest absolute Gasteiger partial charge is 0.461 e. The van der Waals surface area contributed by atoms with Gasteiger partial charge in [-0.25, -0.2) is 9.78 Å². The molecule has 0 aliphatic carbocycles. The molecule has 1 unspecified atom stereocenters. The van der Waals surface area contributed by atoms with Crippen LogP contribution >= 0.6 is 0 Å². The van der Waals surface area contributed by atoms with Gasteiger partial charge in [0, 0.05) is 31.1 Å². The quantitative estimate of drug-likeness (QED) is 0.795. The molecule has 22 heavy (non-hydrogen) atoms. The Bertz CT molecular complexity index is 624. The number of anilines is 1. The van der Waals surface area contributed by atoms with Crippen molar-refractivity contribution in [1.82, 2.24) is 4.98 Å². The average molecular weight is 300 g/mol. The molecule has 3 rings (SSSR count). The van der Waals surface area contributed by atoms with Crippen LogP contribution in [0.5, 0.6) is 0 Å². The van der Waals surface area contributed by atoms with Crippen LogP contribution in [-0.4, -0.2) is 30.6 Å². The molecule has 5 heteroatoms. The molecule has 0 radical (unpaired) electrons. The second kappa shape index (κ2) is 6.64. The SMILES string of the molecule is CCc1ocnc1C(=O)OCC1CCN(c2ccccc2)C1. The smallest absolute Gasteiger partial charge is 0.360 e. The van der Waals surface area contributed by atoms with Crippen LogP contribution in [0.1, 0.15) is 29.6 Å². The van der Waals surface area contributed by atoms with E-state index in [1.54, 1.807) is 0 Å². The van der Waals surface area contributed by atoms with Gasteiger partial charge < -0.3 is 14.1 Å². The highest BCUT2D eigenvalue weighted by atomic mass is 16.5. The zero-order valence-corrected chi connectivity index (χ0v) is 12.7. The van der Waals surface area contributed by atoms with Crippen LogP contribution in [0.2, 0.25) is 0 Å². The van der Waals surface area contributed by atoms with Gasteiger partial charge in [-0.15, -0.1) is 0 Å². The fourth-order valence-corrected chi connectivity index (χ4v) is 2.79. The molecular weight excluding hydrogens is 280 g/mol. The van der Waals surface area contributed by atoms with Gasteiger partial charge >= 0.3 is 5.97 Å². The Morgan fingerprint density at radius 1 is 1.41 bits per heavy atom. The van der Waals surface area contributed by atoms with Gasteiger partial charge in [0.2, 0.25) is 0 Å². The highest BCUT2D eigenvalue weighted by Crippen LogP contribution is 2.24. The zero-order chi connectivity index (χ0) is 15.4. The molecule has 1 fully saturated rings. The van der Waals surface area contributed by atoms with E-state index in [4.69, 9.17) is 9.15 Å². The predicted octanol–water partition coefficient (Wildman–Crippen LogP) is 2.92. The van der Waals surface area contributed by atoms with Crippen molar-refractivity contribution >= 4 is 11.7 Å². The second-order valence-corrected chi connectivity index (χ2v) is 5.51. The summed E-state index contributed by atoms with van der Waals surface area (Å²) in [5.41, 5.74) is 1.53. The molecule has 1 aliphatic heterocycles. The Morgan fingerprint density at radius 3 is 3.00 bits per heavy atom. The number of ether oxygens (including phenoxy) is 1. The van der Waals surface area contributed by atoms with E-state index in [2.05, 4.69) is 22.0 Å². The van der Waals surface area contributed by atoms with Crippen LogP contribution < -0.4 is 4.90 Å². The van der Waals surface area contributed by atoms with Crippen LogP contribution in [0.25, 0.3) is 0 Å². The van der Waals surface area contributed by atoms with Gasteiger partial charge in [0.25, 0.3) is 0 Å². The van der Waals surface area contributed by atoms with Gasteiger partial charge in [0.1, 0.15) is 5.76 Å². The number of carbonyl (C=O) groups is 1. The second-order valence-electron chi connectivity index (χ2n) is 5.51. The van der Waals surface area contributed by atoms with Crippen molar-refractivity contribution in [2.45, 2.75) is 19.8 Å². The molecule has 2 aromatic rings. The van der Waals surface area contributed by atoms with Crippen LogP contribution in [0.4, 0.5) is 5.69 Å². The van der Waals surface area contributed by atoms with Gasteiger partial charge in [0.15, 0.2) is 12.1 Å². The Kier molecular flexibility index (Phi) is 4.42. The Morgan fingerprint density at radius 2 is 2.23 bits per heavy atom. The van der Waals surface area contributed by atoms with Crippen LogP contribution in [0.15, 0.2) is 41.1 Å².